The molecule has 35 heavy (non-hydrogen) atoms. The van der Waals surface area contributed by atoms with Crippen LogP contribution < -0.4 is 9.62 Å². The van der Waals surface area contributed by atoms with Gasteiger partial charge in [-0.2, -0.15) is 0 Å². The Morgan fingerprint density at radius 1 is 1.09 bits per heavy atom. The molecule has 0 aliphatic heterocycles. The van der Waals surface area contributed by atoms with E-state index in [1.54, 1.807) is 31.2 Å². The molecule has 0 saturated heterocycles. The van der Waals surface area contributed by atoms with E-state index in [-0.39, 0.29) is 43.4 Å². The van der Waals surface area contributed by atoms with E-state index in [2.05, 4.69) is 5.32 Å². The maximum atomic E-state index is 13.7. The molecule has 2 aromatic carbocycles. The van der Waals surface area contributed by atoms with E-state index in [0.29, 0.717) is 11.6 Å². The molecule has 7 nitrogen and oxygen atoms in total. The average Bonchev–Trinajstić information content (AvgIpc) is 2.80. The first-order valence-corrected chi connectivity index (χ1v) is 13.4. The molecule has 2 aromatic rings. The highest BCUT2D eigenvalue weighted by Gasteiger charge is 2.26. The molecule has 0 aliphatic rings. The fourth-order valence-corrected chi connectivity index (χ4v) is 4.49. The van der Waals surface area contributed by atoms with Gasteiger partial charge in [-0.25, -0.2) is 17.2 Å². The summed E-state index contributed by atoms with van der Waals surface area (Å²) in [5, 5.41) is 3.32. The number of hydrogen-bond acceptors (Lipinski definition) is 4. The maximum Gasteiger partial charge on any atom is 0.242 e. The molecule has 11 heteroatoms. The maximum absolute atomic E-state index is 13.7. The summed E-state index contributed by atoms with van der Waals surface area (Å²) in [4.78, 5) is 27.1. The molecule has 0 saturated carbocycles. The number of halogens is 3. The van der Waals surface area contributed by atoms with Crippen molar-refractivity contribution in [2.45, 2.75) is 45.7 Å². The van der Waals surface area contributed by atoms with E-state index in [0.717, 1.165) is 40.7 Å². The number of carbonyl (C=O) groups excluding carboxylic acids is 2. The summed E-state index contributed by atoms with van der Waals surface area (Å²) in [5.74, 6) is -2.91. The van der Waals surface area contributed by atoms with Crippen LogP contribution in [0.15, 0.2) is 42.5 Å². The monoisotopic (exact) mass is 529 g/mol. The normalized spacial score (nSPS) is 12.2. The zero-order chi connectivity index (χ0) is 26.2. The van der Waals surface area contributed by atoms with E-state index in [4.69, 9.17) is 11.6 Å². The van der Waals surface area contributed by atoms with Crippen molar-refractivity contribution in [3.05, 3.63) is 64.7 Å². The molecule has 1 N–H and O–H groups in total. The number of hydrogen-bond donors (Lipinski definition) is 1. The Morgan fingerprint density at radius 2 is 1.74 bits per heavy atom. The zero-order valence-corrected chi connectivity index (χ0v) is 21.5. The molecule has 0 aliphatic carbocycles. The first-order valence-electron chi connectivity index (χ1n) is 11.2. The lowest BCUT2D eigenvalue weighted by atomic mass is 10.1. The largest absolute Gasteiger partial charge is 0.354 e. The molecule has 0 unspecified atom stereocenters. The molecule has 0 fully saturated rings. The minimum atomic E-state index is -3.82. The Labute approximate surface area is 210 Å². The van der Waals surface area contributed by atoms with Gasteiger partial charge in [-0.1, -0.05) is 30.7 Å². The highest BCUT2D eigenvalue weighted by atomic mass is 35.5. The number of sulfonamides is 1. The van der Waals surface area contributed by atoms with E-state index in [1.165, 1.54) is 4.90 Å². The second-order valence-electron chi connectivity index (χ2n) is 8.15. The van der Waals surface area contributed by atoms with Gasteiger partial charge in [0.25, 0.3) is 0 Å². The predicted octanol–water partition coefficient (Wildman–Crippen LogP) is 4.11. The predicted molar refractivity (Wildman–Crippen MR) is 133 cm³/mol. The van der Waals surface area contributed by atoms with Gasteiger partial charge in [-0.05, 0) is 49.6 Å². The molecule has 0 spiro atoms. The molecule has 192 valence electrons. The molecule has 2 rings (SSSR count). The van der Waals surface area contributed by atoms with Gasteiger partial charge in [-0.3, -0.25) is 13.9 Å². The molecule has 0 bridgehead atoms. The fourth-order valence-electron chi connectivity index (χ4n) is 3.41. The summed E-state index contributed by atoms with van der Waals surface area (Å²) in [7, 11) is -3.82. The summed E-state index contributed by atoms with van der Waals surface area (Å²) in [6.07, 6.45) is 1.73. The number of rotatable bonds is 12. The second kappa shape index (κ2) is 12.8. The third-order valence-electron chi connectivity index (χ3n) is 5.33. The molecule has 0 heterocycles. The summed E-state index contributed by atoms with van der Waals surface area (Å²) in [6.45, 7) is 4.06. The Morgan fingerprint density at radius 3 is 2.31 bits per heavy atom. The first-order chi connectivity index (χ1) is 16.4. The molecule has 0 aromatic heterocycles. The van der Waals surface area contributed by atoms with Gasteiger partial charge in [0.1, 0.15) is 6.04 Å². The lowest BCUT2D eigenvalue weighted by Crippen LogP contribution is -2.47. The van der Waals surface area contributed by atoms with Gasteiger partial charge in [0.05, 0.1) is 11.9 Å². The SMILES string of the molecule is CCCNC(=O)[C@@H](C)N(Cc1ccc(Cl)cc1)C(=O)CCCN(c1ccc(F)c(F)c1)S(C)(=O)=O. The number of benzene rings is 2. The minimum absolute atomic E-state index is 0.0378. The van der Waals surface area contributed by atoms with Crippen molar-refractivity contribution in [2.24, 2.45) is 0 Å². The van der Waals surface area contributed by atoms with E-state index < -0.39 is 27.7 Å². The smallest absolute Gasteiger partial charge is 0.242 e. The number of carbonyl (C=O) groups is 2. The topological polar surface area (TPSA) is 86.8 Å². The van der Waals surface area contributed by atoms with Crippen LogP contribution >= 0.6 is 11.6 Å². The highest BCUT2D eigenvalue weighted by Crippen LogP contribution is 2.22. The lowest BCUT2D eigenvalue weighted by Gasteiger charge is -2.29. The number of nitrogens with one attached hydrogen (secondary N) is 1. The zero-order valence-electron chi connectivity index (χ0n) is 19.9. The van der Waals surface area contributed by atoms with Crippen molar-refractivity contribution in [2.75, 3.05) is 23.7 Å². The van der Waals surface area contributed by atoms with Crippen LogP contribution in [0.25, 0.3) is 0 Å². The van der Waals surface area contributed by atoms with Gasteiger partial charge in [0, 0.05) is 37.1 Å². The van der Waals surface area contributed by atoms with Crippen LogP contribution in [0.1, 0.15) is 38.7 Å². The third kappa shape index (κ3) is 8.47. The van der Waals surface area contributed by atoms with Crippen molar-refractivity contribution in [3.8, 4) is 0 Å². The average molecular weight is 530 g/mol. The van der Waals surface area contributed by atoms with Gasteiger partial charge in [-0.15, -0.1) is 0 Å². The summed E-state index contributed by atoms with van der Waals surface area (Å²) in [5.41, 5.74) is 0.738. The molecule has 0 radical (unpaired) electrons. The highest BCUT2D eigenvalue weighted by molar-refractivity contribution is 7.92. The van der Waals surface area contributed by atoms with Gasteiger partial charge < -0.3 is 10.2 Å². The number of nitrogens with zero attached hydrogens (tertiary/aromatic N) is 2. The lowest BCUT2D eigenvalue weighted by molar-refractivity contribution is -0.140. The number of amides is 2. The Bertz CT molecular complexity index is 1130. The van der Waals surface area contributed by atoms with Crippen LogP contribution in [-0.2, 0) is 26.2 Å². The summed E-state index contributed by atoms with van der Waals surface area (Å²) < 4.78 is 52.4. The van der Waals surface area contributed by atoms with Crippen molar-refractivity contribution in [1.82, 2.24) is 10.2 Å². The van der Waals surface area contributed by atoms with Gasteiger partial charge >= 0.3 is 0 Å². The van der Waals surface area contributed by atoms with Crippen molar-refractivity contribution in [1.29, 1.82) is 0 Å². The van der Waals surface area contributed by atoms with Crippen LogP contribution in [-0.4, -0.2) is 50.5 Å². The van der Waals surface area contributed by atoms with Crippen LogP contribution in [0.3, 0.4) is 0 Å². The molecular formula is C24H30ClF2N3O4S. The Balaban J connectivity index is 2.16. The second-order valence-corrected chi connectivity index (χ2v) is 10.5. The van der Waals surface area contributed by atoms with Crippen molar-refractivity contribution >= 4 is 39.1 Å². The number of anilines is 1. The van der Waals surface area contributed by atoms with Crippen LogP contribution in [0.2, 0.25) is 5.02 Å². The Kier molecular flexibility index (Phi) is 10.5. The van der Waals surface area contributed by atoms with Gasteiger partial charge in [0.15, 0.2) is 11.6 Å². The first kappa shape index (κ1) is 28.5. The van der Waals surface area contributed by atoms with E-state index in [9.17, 15) is 26.8 Å². The van der Waals surface area contributed by atoms with E-state index >= 15 is 0 Å². The quantitative estimate of drug-likeness (QED) is 0.448. The minimum Gasteiger partial charge on any atom is -0.354 e. The van der Waals surface area contributed by atoms with E-state index in [1.807, 2.05) is 6.92 Å². The van der Waals surface area contributed by atoms with Gasteiger partial charge in [0.2, 0.25) is 21.8 Å². The molecular weight excluding hydrogens is 500 g/mol. The molecule has 1 atom stereocenters. The summed E-state index contributed by atoms with van der Waals surface area (Å²) in [6, 6.07) is 8.93. The van der Waals surface area contributed by atoms with Crippen LogP contribution in [0.4, 0.5) is 14.5 Å². The standard InChI is InChI=1S/C24H30ClF2N3O4S/c1-4-13-28-24(32)17(2)29(16-18-7-9-19(25)10-8-18)23(31)6-5-14-30(35(3,33)34)20-11-12-21(26)22(27)15-20/h7-12,15,17H,4-6,13-14,16H2,1-3H3,(H,28,32)/t17-/m1/s1. The Hall–Kier alpha value is -2.72. The fraction of sp³-hybridized carbons (Fsp3) is 0.417. The van der Waals surface area contributed by atoms with Crippen molar-refractivity contribution < 1.29 is 26.8 Å². The summed E-state index contributed by atoms with van der Waals surface area (Å²) >= 11 is 5.94. The van der Waals surface area contributed by atoms with Crippen molar-refractivity contribution in [3.63, 3.8) is 0 Å². The van der Waals surface area contributed by atoms with Crippen LogP contribution in [0.5, 0.6) is 0 Å². The third-order valence-corrected chi connectivity index (χ3v) is 6.77. The van der Waals surface area contributed by atoms with Crippen LogP contribution in [0, 0.1) is 11.6 Å². The molecule has 2 amide bonds.